The van der Waals surface area contributed by atoms with Gasteiger partial charge in [0.25, 0.3) is 0 Å². The Balaban J connectivity index is 2.88. The first-order valence-corrected chi connectivity index (χ1v) is 8.87. The molecule has 6 heteroatoms. The SMILES string of the molecule is CCC(CC)C[C@](C)(N)C(=O)OS(=O)(=O)c1ccc(C)cc1. The maximum Gasteiger partial charge on any atom is 0.341 e. The lowest BCUT2D eigenvalue weighted by atomic mass is 9.87. The lowest BCUT2D eigenvalue weighted by Crippen LogP contribution is -2.48. The van der Waals surface area contributed by atoms with Gasteiger partial charge in [0, 0.05) is 0 Å². The molecular formula is C16H25NO4S. The molecule has 2 N–H and O–H groups in total. The summed E-state index contributed by atoms with van der Waals surface area (Å²) in [5.41, 5.74) is 5.58. The lowest BCUT2D eigenvalue weighted by molar-refractivity contribution is -0.140. The molecule has 1 rings (SSSR count). The summed E-state index contributed by atoms with van der Waals surface area (Å²) in [4.78, 5) is 12.1. The van der Waals surface area contributed by atoms with Gasteiger partial charge in [0.1, 0.15) is 10.4 Å². The van der Waals surface area contributed by atoms with Crippen LogP contribution in [0.5, 0.6) is 0 Å². The van der Waals surface area contributed by atoms with E-state index in [0.717, 1.165) is 18.4 Å². The Hall–Kier alpha value is -1.40. The van der Waals surface area contributed by atoms with E-state index in [1.165, 1.54) is 19.1 Å². The van der Waals surface area contributed by atoms with E-state index in [4.69, 9.17) is 9.92 Å². The summed E-state index contributed by atoms with van der Waals surface area (Å²) in [6.07, 6.45) is 2.14. The molecule has 0 heterocycles. The van der Waals surface area contributed by atoms with Crippen LogP contribution >= 0.6 is 0 Å². The predicted molar refractivity (Wildman–Crippen MR) is 85.7 cm³/mol. The van der Waals surface area contributed by atoms with E-state index in [2.05, 4.69) is 0 Å². The van der Waals surface area contributed by atoms with Crippen molar-refractivity contribution >= 4 is 16.1 Å². The molecule has 0 fully saturated rings. The average Bonchev–Trinajstić information content (AvgIpc) is 2.44. The Morgan fingerprint density at radius 1 is 1.23 bits per heavy atom. The molecular weight excluding hydrogens is 302 g/mol. The number of aryl methyl sites for hydroxylation is 1. The topological polar surface area (TPSA) is 86.5 Å². The van der Waals surface area contributed by atoms with Crippen molar-refractivity contribution in [2.75, 3.05) is 0 Å². The molecule has 1 aromatic rings. The highest BCUT2D eigenvalue weighted by atomic mass is 32.2. The normalized spacial score (nSPS) is 14.6. The first kappa shape index (κ1) is 18.6. The fourth-order valence-corrected chi connectivity index (χ4v) is 3.16. The highest BCUT2D eigenvalue weighted by molar-refractivity contribution is 7.87. The summed E-state index contributed by atoms with van der Waals surface area (Å²) < 4.78 is 29.0. The smallest absolute Gasteiger partial charge is 0.340 e. The molecule has 0 aromatic heterocycles. The number of carbonyl (C=O) groups is 1. The van der Waals surface area contributed by atoms with E-state index in [1.807, 2.05) is 20.8 Å². The van der Waals surface area contributed by atoms with Gasteiger partial charge in [-0.25, -0.2) is 4.79 Å². The summed E-state index contributed by atoms with van der Waals surface area (Å²) in [7, 11) is -4.14. The van der Waals surface area contributed by atoms with Crippen molar-refractivity contribution in [3.8, 4) is 0 Å². The van der Waals surface area contributed by atoms with Crippen LogP contribution in [0.3, 0.4) is 0 Å². The number of carbonyl (C=O) groups excluding carboxylic acids is 1. The first-order chi connectivity index (χ1) is 10.1. The van der Waals surface area contributed by atoms with E-state index < -0.39 is 21.6 Å². The second-order valence-electron chi connectivity index (χ2n) is 5.94. The van der Waals surface area contributed by atoms with Gasteiger partial charge < -0.3 is 9.92 Å². The van der Waals surface area contributed by atoms with Crippen LogP contribution in [0, 0.1) is 12.8 Å². The Morgan fingerprint density at radius 3 is 2.18 bits per heavy atom. The van der Waals surface area contributed by atoms with Gasteiger partial charge in [0.2, 0.25) is 0 Å². The third-order valence-corrected chi connectivity index (χ3v) is 5.05. The number of rotatable bonds is 7. The number of hydrogen-bond acceptors (Lipinski definition) is 5. The van der Waals surface area contributed by atoms with E-state index in [0.29, 0.717) is 6.42 Å². The Morgan fingerprint density at radius 2 is 1.73 bits per heavy atom. The van der Waals surface area contributed by atoms with Crippen molar-refractivity contribution in [3.05, 3.63) is 29.8 Å². The van der Waals surface area contributed by atoms with Crippen molar-refractivity contribution < 1.29 is 17.4 Å². The fourth-order valence-electron chi connectivity index (χ4n) is 2.21. The molecule has 22 heavy (non-hydrogen) atoms. The first-order valence-electron chi connectivity index (χ1n) is 7.46. The van der Waals surface area contributed by atoms with Gasteiger partial charge in [-0.2, -0.15) is 8.42 Å². The predicted octanol–water partition coefficient (Wildman–Crippen LogP) is 2.77. The summed E-state index contributed by atoms with van der Waals surface area (Å²) in [6.45, 7) is 7.38. The summed E-state index contributed by atoms with van der Waals surface area (Å²) >= 11 is 0. The quantitative estimate of drug-likeness (QED) is 0.778. The molecule has 0 amide bonds. The number of nitrogens with two attached hydrogens (primary N) is 1. The van der Waals surface area contributed by atoms with Crippen molar-refractivity contribution in [2.45, 2.75) is 57.4 Å². The van der Waals surface area contributed by atoms with Gasteiger partial charge in [-0.3, -0.25) is 0 Å². The maximum atomic E-state index is 12.2. The van der Waals surface area contributed by atoms with Crippen LogP contribution in [0.15, 0.2) is 29.2 Å². The van der Waals surface area contributed by atoms with Gasteiger partial charge in [-0.05, 0) is 38.3 Å². The van der Waals surface area contributed by atoms with E-state index >= 15 is 0 Å². The monoisotopic (exact) mass is 327 g/mol. The third-order valence-electron chi connectivity index (χ3n) is 3.83. The molecule has 0 unspecified atom stereocenters. The number of hydrogen-bond donors (Lipinski definition) is 1. The van der Waals surface area contributed by atoms with E-state index in [9.17, 15) is 13.2 Å². The van der Waals surface area contributed by atoms with Crippen LogP contribution in [-0.4, -0.2) is 19.9 Å². The largest absolute Gasteiger partial charge is 0.341 e. The minimum atomic E-state index is -4.14. The molecule has 0 aliphatic carbocycles. The third kappa shape index (κ3) is 4.81. The minimum absolute atomic E-state index is 0.0511. The Labute approximate surface area is 133 Å². The Kier molecular flexibility index (Phi) is 6.14. The minimum Gasteiger partial charge on any atom is -0.340 e. The van der Waals surface area contributed by atoms with E-state index in [-0.39, 0.29) is 10.8 Å². The fraction of sp³-hybridized carbons (Fsp3) is 0.562. The zero-order chi connectivity index (χ0) is 17.0. The van der Waals surface area contributed by atoms with E-state index in [1.54, 1.807) is 12.1 Å². The maximum absolute atomic E-state index is 12.2. The lowest BCUT2D eigenvalue weighted by Gasteiger charge is -2.26. The van der Waals surface area contributed by atoms with Crippen LogP contribution in [0.2, 0.25) is 0 Å². The van der Waals surface area contributed by atoms with Gasteiger partial charge in [0.15, 0.2) is 0 Å². The van der Waals surface area contributed by atoms with Crippen molar-refractivity contribution in [1.29, 1.82) is 0 Å². The van der Waals surface area contributed by atoms with Crippen LogP contribution in [0.25, 0.3) is 0 Å². The van der Waals surface area contributed by atoms with Gasteiger partial charge in [-0.15, -0.1) is 0 Å². The van der Waals surface area contributed by atoms with Crippen molar-refractivity contribution in [3.63, 3.8) is 0 Å². The molecule has 0 saturated carbocycles. The van der Waals surface area contributed by atoms with Gasteiger partial charge in [0.05, 0.1) is 0 Å². The second kappa shape index (κ2) is 7.24. The summed E-state index contributed by atoms with van der Waals surface area (Å²) in [5, 5.41) is 0. The summed E-state index contributed by atoms with van der Waals surface area (Å²) in [5.74, 6) is -0.662. The second-order valence-corrected chi connectivity index (χ2v) is 7.49. The van der Waals surface area contributed by atoms with Crippen LogP contribution < -0.4 is 5.73 Å². The van der Waals surface area contributed by atoms with Crippen molar-refractivity contribution in [2.24, 2.45) is 11.7 Å². The zero-order valence-corrected chi connectivity index (χ0v) is 14.4. The highest BCUT2D eigenvalue weighted by Crippen LogP contribution is 2.23. The Bertz CT molecular complexity index is 602. The summed E-state index contributed by atoms with van der Waals surface area (Å²) in [6, 6.07) is 6.11. The molecule has 1 atom stereocenters. The molecule has 1 aromatic carbocycles. The zero-order valence-electron chi connectivity index (χ0n) is 13.6. The van der Waals surface area contributed by atoms with Crippen LogP contribution in [0.4, 0.5) is 0 Å². The molecule has 0 saturated heterocycles. The number of benzene rings is 1. The molecule has 124 valence electrons. The van der Waals surface area contributed by atoms with Crippen molar-refractivity contribution in [1.82, 2.24) is 0 Å². The molecule has 0 radical (unpaired) electrons. The van der Waals surface area contributed by atoms with Crippen LogP contribution in [-0.2, 0) is 19.1 Å². The molecule has 0 bridgehead atoms. The van der Waals surface area contributed by atoms with Gasteiger partial charge >= 0.3 is 16.1 Å². The highest BCUT2D eigenvalue weighted by Gasteiger charge is 2.36. The standard InChI is InChI=1S/C16H25NO4S/c1-5-13(6-2)11-16(4,17)15(18)21-22(19,20)14-9-7-12(3)8-10-14/h7-10,13H,5-6,11,17H2,1-4H3/t16-/m0/s1. The average molecular weight is 327 g/mol. The molecule has 0 aliphatic heterocycles. The molecule has 0 spiro atoms. The van der Waals surface area contributed by atoms with Crippen LogP contribution in [0.1, 0.15) is 45.6 Å². The molecule has 5 nitrogen and oxygen atoms in total. The molecule has 0 aliphatic rings. The van der Waals surface area contributed by atoms with Gasteiger partial charge in [-0.1, -0.05) is 44.4 Å².